The highest BCUT2D eigenvalue weighted by molar-refractivity contribution is 7.14. The standard InChI is InChI=1S/C7H2F3NO2S/c1-11-3-2-4(6(12)13)14-5(3)7(8,9)10/h2H,(H,12,13). The molecule has 0 aliphatic carbocycles. The number of aromatic carboxylic acids is 1. The van der Waals surface area contributed by atoms with Crippen LogP contribution in [0, 0.1) is 6.57 Å². The van der Waals surface area contributed by atoms with Crippen molar-refractivity contribution in [2.75, 3.05) is 0 Å². The molecule has 0 aromatic carbocycles. The van der Waals surface area contributed by atoms with E-state index in [1.54, 1.807) is 0 Å². The number of rotatable bonds is 1. The van der Waals surface area contributed by atoms with E-state index in [1.807, 2.05) is 0 Å². The molecule has 0 aliphatic rings. The molecule has 0 amide bonds. The third-order valence-electron chi connectivity index (χ3n) is 1.30. The Morgan fingerprint density at radius 2 is 2.14 bits per heavy atom. The lowest BCUT2D eigenvalue weighted by atomic mass is 10.3. The van der Waals surface area contributed by atoms with Crippen molar-refractivity contribution in [1.29, 1.82) is 0 Å². The number of hydrogen-bond acceptors (Lipinski definition) is 2. The molecule has 0 radical (unpaired) electrons. The molecule has 0 spiro atoms. The van der Waals surface area contributed by atoms with Gasteiger partial charge in [-0.05, 0) is 6.07 Å². The molecular formula is C7H2F3NO2S. The van der Waals surface area contributed by atoms with Crippen LogP contribution in [0.3, 0.4) is 0 Å². The third-order valence-corrected chi connectivity index (χ3v) is 2.46. The number of carboxylic acids is 1. The predicted octanol–water partition coefficient (Wildman–Crippen LogP) is 3.02. The predicted molar refractivity (Wildman–Crippen MR) is 42.5 cm³/mol. The number of thiophene rings is 1. The number of nitrogens with zero attached hydrogens (tertiary/aromatic N) is 1. The number of carbonyl (C=O) groups is 1. The van der Waals surface area contributed by atoms with Crippen LogP contribution in [-0.4, -0.2) is 11.1 Å². The molecule has 1 aromatic rings. The quantitative estimate of drug-likeness (QED) is 0.740. The van der Waals surface area contributed by atoms with Gasteiger partial charge in [-0.15, -0.1) is 11.3 Å². The average Bonchev–Trinajstić information content (AvgIpc) is 2.46. The number of alkyl halides is 3. The van der Waals surface area contributed by atoms with Crippen LogP contribution in [0.2, 0.25) is 0 Å². The second-order valence-electron chi connectivity index (χ2n) is 2.24. The first-order chi connectivity index (χ1) is 6.36. The SMILES string of the molecule is [C-]#[N+]c1cc(C(=O)O)sc1C(F)(F)F. The molecule has 1 heterocycles. The lowest BCUT2D eigenvalue weighted by Crippen LogP contribution is -2.01. The summed E-state index contributed by atoms with van der Waals surface area (Å²) in [6.07, 6.45) is -4.67. The summed E-state index contributed by atoms with van der Waals surface area (Å²) in [7, 11) is 0. The summed E-state index contributed by atoms with van der Waals surface area (Å²) in [5.74, 6) is -1.46. The van der Waals surface area contributed by atoms with Crippen molar-refractivity contribution >= 4 is 23.0 Å². The molecule has 0 saturated heterocycles. The van der Waals surface area contributed by atoms with Gasteiger partial charge < -0.3 is 5.11 Å². The first-order valence-electron chi connectivity index (χ1n) is 3.18. The average molecular weight is 221 g/mol. The Kier molecular flexibility index (Phi) is 2.49. The van der Waals surface area contributed by atoms with E-state index in [2.05, 4.69) is 4.85 Å². The zero-order chi connectivity index (χ0) is 10.9. The van der Waals surface area contributed by atoms with Crippen molar-refractivity contribution in [2.24, 2.45) is 0 Å². The normalized spacial score (nSPS) is 11.0. The Hall–Kier alpha value is -1.55. The van der Waals surface area contributed by atoms with Crippen LogP contribution < -0.4 is 0 Å². The largest absolute Gasteiger partial charge is 0.477 e. The van der Waals surface area contributed by atoms with Gasteiger partial charge in [-0.2, -0.15) is 13.2 Å². The first kappa shape index (κ1) is 10.5. The fraction of sp³-hybridized carbons (Fsp3) is 0.143. The van der Waals surface area contributed by atoms with Gasteiger partial charge in [0.15, 0.2) is 0 Å². The third kappa shape index (κ3) is 1.85. The molecule has 1 N–H and O–H groups in total. The molecule has 14 heavy (non-hydrogen) atoms. The molecule has 1 rings (SSSR count). The summed E-state index contributed by atoms with van der Waals surface area (Å²) in [5, 5.41) is 8.42. The summed E-state index contributed by atoms with van der Waals surface area (Å²) >= 11 is 0.0608. The molecule has 74 valence electrons. The van der Waals surface area contributed by atoms with E-state index < -0.39 is 27.6 Å². The van der Waals surface area contributed by atoms with E-state index in [1.165, 1.54) is 0 Å². The van der Waals surface area contributed by atoms with Gasteiger partial charge >= 0.3 is 12.1 Å². The molecule has 0 saturated carbocycles. The van der Waals surface area contributed by atoms with E-state index in [0.717, 1.165) is 6.07 Å². The van der Waals surface area contributed by atoms with Crippen molar-refractivity contribution in [3.05, 3.63) is 27.2 Å². The Bertz CT molecular complexity index is 416. The monoisotopic (exact) mass is 221 g/mol. The zero-order valence-electron chi connectivity index (χ0n) is 6.42. The number of hydrogen-bond donors (Lipinski definition) is 1. The maximum atomic E-state index is 12.2. The highest BCUT2D eigenvalue weighted by Crippen LogP contribution is 2.42. The minimum Gasteiger partial charge on any atom is -0.477 e. The Balaban J connectivity index is 3.31. The molecule has 0 atom stereocenters. The first-order valence-corrected chi connectivity index (χ1v) is 3.99. The van der Waals surface area contributed by atoms with E-state index in [4.69, 9.17) is 11.7 Å². The van der Waals surface area contributed by atoms with Crippen LogP contribution in [0.1, 0.15) is 14.5 Å². The van der Waals surface area contributed by atoms with Gasteiger partial charge in [0.25, 0.3) is 0 Å². The van der Waals surface area contributed by atoms with Crippen molar-refractivity contribution in [1.82, 2.24) is 0 Å². The number of halogens is 3. The summed E-state index contributed by atoms with van der Waals surface area (Å²) in [4.78, 5) is 11.3. The van der Waals surface area contributed by atoms with E-state index in [0.29, 0.717) is 0 Å². The van der Waals surface area contributed by atoms with E-state index in [9.17, 15) is 18.0 Å². The zero-order valence-corrected chi connectivity index (χ0v) is 7.24. The maximum absolute atomic E-state index is 12.2. The molecule has 7 heteroatoms. The van der Waals surface area contributed by atoms with Crippen molar-refractivity contribution in [2.45, 2.75) is 6.18 Å². The highest BCUT2D eigenvalue weighted by atomic mass is 32.1. The van der Waals surface area contributed by atoms with Crippen LogP contribution in [0.15, 0.2) is 6.07 Å². The van der Waals surface area contributed by atoms with Gasteiger partial charge in [-0.1, -0.05) is 0 Å². The van der Waals surface area contributed by atoms with Gasteiger partial charge in [-0.25, -0.2) is 9.64 Å². The minimum absolute atomic E-state index is 0.0608. The molecule has 0 fully saturated rings. The van der Waals surface area contributed by atoms with E-state index in [-0.39, 0.29) is 11.3 Å². The van der Waals surface area contributed by atoms with Crippen molar-refractivity contribution in [3.63, 3.8) is 0 Å². The molecule has 0 aliphatic heterocycles. The van der Waals surface area contributed by atoms with Gasteiger partial charge in [0, 0.05) is 0 Å². The molecule has 0 unspecified atom stereocenters. The van der Waals surface area contributed by atoms with Crippen LogP contribution in [-0.2, 0) is 6.18 Å². The topological polar surface area (TPSA) is 41.7 Å². The fourth-order valence-electron chi connectivity index (χ4n) is 0.773. The van der Waals surface area contributed by atoms with Gasteiger partial charge in [0.05, 0.1) is 6.57 Å². The van der Waals surface area contributed by atoms with E-state index >= 15 is 0 Å². The van der Waals surface area contributed by atoms with Crippen LogP contribution in [0.25, 0.3) is 4.85 Å². The van der Waals surface area contributed by atoms with Gasteiger partial charge in [-0.3, -0.25) is 0 Å². The smallest absolute Gasteiger partial charge is 0.416 e. The Labute approximate surface area is 80.2 Å². The van der Waals surface area contributed by atoms with Crippen LogP contribution >= 0.6 is 11.3 Å². The summed E-state index contributed by atoms with van der Waals surface area (Å²) in [6.45, 7) is 6.46. The van der Waals surface area contributed by atoms with Gasteiger partial charge in [0.2, 0.25) is 5.69 Å². The summed E-state index contributed by atoms with van der Waals surface area (Å²) in [5.41, 5.74) is -0.667. The minimum atomic E-state index is -4.67. The number of carboxylic acid groups (broad SMARTS) is 1. The van der Waals surface area contributed by atoms with Crippen LogP contribution in [0.5, 0.6) is 0 Å². The summed E-state index contributed by atoms with van der Waals surface area (Å²) < 4.78 is 36.6. The molecule has 1 aromatic heterocycles. The lowest BCUT2D eigenvalue weighted by molar-refractivity contribution is -0.133. The maximum Gasteiger partial charge on any atom is 0.416 e. The second kappa shape index (κ2) is 3.31. The highest BCUT2D eigenvalue weighted by Gasteiger charge is 2.36. The lowest BCUT2D eigenvalue weighted by Gasteiger charge is -2.02. The van der Waals surface area contributed by atoms with Gasteiger partial charge in [0.1, 0.15) is 9.75 Å². The Morgan fingerprint density at radius 1 is 1.57 bits per heavy atom. The fourth-order valence-corrected chi connectivity index (χ4v) is 1.58. The Morgan fingerprint density at radius 3 is 2.43 bits per heavy atom. The molecule has 0 bridgehead atoms. The summed E-state index contributed by atoms with van der Waals surface area (Å²) in [6, 6.07) is 0.725. The molecule has 3 nitrogen and oxygen atoms in total. The van der Waals surface area contributed by atoms with Crippen molar-refractivity contribution < 1.29 is 23.1 Å². The molecular weight excluding hydrogens is 219 g/mol. The second-order valence-corrected chi connectivity index (χ2v) is 3.29. The van der Waals surface area contributed by atoms with Crippen molar-refractivity contribution in [3.8, 4) is 0 Å². The van der Waals surface area contributed by atoms with Crippen LogP contribution in [0.4, 0.5) is 18.9 Å².